The Hall–Kier alpha value is -1.61. The Balaban J connectivity index is 2.60. The van der Waals surface area contributed by atoms with E-state index in [0.717, 1.165) is 12.0 Å². The van der Waals surface area contributed by atoms with Crippen molar-refractivity contribution in [1.82, 2.24) is 5.32 Å². The van der Waals surface area contributed by atoms with E-state index in [1.54, 1.807) is 6.08 Å². The van der Waals surface area contributed by atoms with Crippen LogP contribution in [0.2, 0.25) is 0 Å². The van der Waals surface area contributed by atoms with Crippen molar-refractivity contribution in [3.05, 3.63) is 48.6 Å². The molecule has 1 amide bonds. The Kier molecular flexibility index (Phi) is 5.29. The first-order valence-electron chi connectivity index (χ1n) is 5.34. The van der Waals surface area contributed by atoms with Gasteiger partial charge in [-0.15, -0.1) is 6.58 Å². The minimum absolute atomic E-state index is 0.143. The maximum absolute atomic E-state index is 11.7. The van der Waals surface area contributed by atoms with E-state index in [4.69, 9.17) is 0 Å². The first kappa shape index (κ1) is 12.5. The molecule has 0 spiro atoms. The number of carbonyl (C=O) groups is 1. The summed E-state index contributed by atoms with van der Waals surface area (Å²) in [6.45, 7) is 3.96. The molecule has 0 aliphatic heterocycles. The lowest BCUT2D eigenvalue weighted by molar-refractivity contribution is -0.123. The van der Waals surface area contributed by atoms with Crippen molar-refractivity contribution in [2.75, 3.05) is 13.2 Å². The number of amides is 1. The van der Waals surface area contributed by atoms with E-state index in [9.17, 15) is 9.90 Å². The summed E-state index contributed by atoms with van der Waals surface area (Å²) in [6.07, 6.45) is 2.48. The molecule has 0 aliphatic rings. The number of nitrogens with one attached hydrogen (secondary N) is 1. The van der Waals surface area contributed by atoms with Gasteiger partial charge in [-0.25, -0.2) is 0 Å². The maximum atomic E-state index is 11.7. The van der Waals surface area contributed by atoms with Gasteiger partial charge in [0.05, 0.1) is 12.5 Å². The molecule has 0 radical (unpaired) electrons. The molecule has 0 heterocycles. The summed E-state index contributed by atoms with van der Waals surface area (Å²) in [7, 11) is 0. The molecule has 0 aromatic heterocycles. The molecule has 2 N–H and O–H groups in total. The lowest BCUT2D eigenvalue weighted by atomic mass is 9.99. The molecule has 3 heteroatoms. The Morgan fingerprint density at radius 2 is 2.12 bits per heavy atom. The minimum Gasteiger partial charge on any atom is -0.395 e. The van der Waals surface area contributed by atoms with Crippen LogP contribution in [-0.4, -0.2) is 24.2 Å². The van der Waals surface area contributed by atoms with Gasteiger partial charge in [-0.05, 0) is 12.0 Å². The SMILES string of the molecule is C=CCCNC(=O)[C@@H](CO)c1ccccc1. The van der Waals surface area contributed by atoms with Crippen LogP contribution in [-0.2, 0) is 4.79 Å². The van der Waals surface area contributed by atoms with Gasteiger partial charge >= 0.3 is 0 Å². The topological polar surface area (TPSA) is 49.3 Å². The zero-order valence-corrected chi connectivity index (χ0v) is 9.23. The molecule has 0 bridgehead atoms. The summed E-state index contributed by atoms with van der Waals surface area (Å²) in [6, 6.07) is 9.28. The third-order valence-electron chi connectivity index (χ3n) is 2.35. The van der Waals surface area contributed by atoms with Gasteiger partial charge in [-0.2, -0.15) is 0 Å². The summed E-state index contributed by atoms with van der Waals surface area (Å²) >= 11 is 0. The number of hydrogen-bond donors (Lipinski definition) is 2. The van der Waals surface area contributed by atoms with Crippen LogP contribution < -0.4 is 5.32 Å². The highest BCUT2D eigenvalue weighted by Gasteiger charge is 2.18. The second kappa shape index (κ2) is 6.80. The van der Waals surface area contributed by atoms with Crippen LogP contribution in [0.5, 0.6) is 0 Å². The Morgan fingerprint density at radius 1 is 1.44 bits per heavy atom. The van der Waals surface area contributed by atoms with Crippen molar-refractivity contribution in [3.8, 4) is 0 Å². The number of benzene rings is 1. The van der Waals surface area contributed by atoms with Gasteiger partial charge in [0.1, 0.15) is 0 Å². The molecule has 86 valence electrons. The highest BCUT2D eigenvalue weighted by atomic mass is 16.3. The molecule has 16 heavy (non-hydrogen) atoms. The summed E-state index contributed by atoms with van der Waals surface area (Å²) in [4.78, 5) is 11.7. The predicted molar refractivity (Wildman–Crippen MR) is 64.1 cm³/mol. The molecule has 0 aliphatic carbocycles. The van der Waals surface area contributed by atoms with E-state index in [1.165, 1.54) is 0 Å². The first-order valence-corrected chi connectivity index (χ1v) is 5.34. The van der Waals surface area contributed by atoms with E-state index >= 15 is 0 Å². The summed E-state index contributed by atoms with van der Waals surface area (Å²) < 4.78 is 0. The van der Waals surface area contributed by atoms with E-state index in [0.29, 0.717) is 6.54 Å². The fourth-order valence-corrected chi connectivity index (χ4v) is 1.45. The zero-order chi connectivity index (χ0) is 11.8. The van der Waals surface area contributed by atoms with Crippen LogP contribution in [0.1, 0.15) is 17.9 Å². The largest absolute Gasteiger partial charge is 0.395 e. The van der Waals surface area contributed by atoms with Crippen molar-refractivity contribution < 1.29 is 9.90 Å². The average molecular weight is 219 g/mol. The van der Waals surface area contributed by atoms with E-state index in [-0.39, 0.29) is 12.5 Å². The molecular formula is C13H17NO2. The third-order valence-corrected chi connectivity index (χ3v) is 2.35. The van der Waals surface area contributed by atoms with Crippen molar-refractivity contribution in [2.24, 2.45) is 0 Å². The molecule has 0 unspecified atom stereocenters. The van der Waals surface area contributed by atoms with Gasteiger partial charge in [0.15, 0.2) is 0 Å². The number of aliphatic hydroxyl groups is 1. The zero-order valence-electron chi connectivity index (χ0n) is 9.23. The second-order valence-electron chi connectivity index (χ2n) is 3.51. The van der Waals surface area contributed by atoms with Gasteiger partial charge < -0.3 is 10.4 Å². The van der Waals surface area contributed by atoms with Gasteiger partial charge in [0.2, 0.25) is 5.91 Å². The standard InChI is InChI=1S/C13H17NO2/c1-2-3-9-14-13(16)12(10-15)11-7-5-4-6-8-11/h2,4-8,12,15H,1,3,9-10H2,(H,14,16)/t12-/m0/s1. The predicted octanol–water partition coefficient (Wildman–Crippen LogP) is 1.45. The second-order valence-corrected chi connectivity index (χ2v) is 3.51. The molecule has 0 fully saturated rings. The van der Waals surface area contributed by atoms with Crippen LogP contribution in [0.3, 0.4) is 0 Å². The van der Waals surface area contributed by atoms with E-state index < -0.39 is 5.92 Å². The van der Waals surface area contributed by atoms with Crippen LogP contribution in [0, 0.1) is 0 Å². The van der Waals surface area contributed by atoms with Crippen molar-refractivity contribution >= 4 is 5.91 Å². The molecule has 0 saturated heterocycles. The van der Waals surface area contributed by atoms with Crippen LogP contribution in [0.4, 0.5) is 0 Å². The molecule has 3 nitrogen and oxygen atoms in total. The summed E-state index contributed by atoms with van der Waals surface area (Å²) in [5.41, 5.74) is 0.834. The van der Waals surface area contributed by atoms with E-state index in [1.807, 2.05) is 30.3 Å². The van der Waals surface area contributed by atoms with E-state index in [2.05, 4.69) is 11.9 Å². The van der Waals surface area contributed by atoms with Crippen molar-refractivity contribution in [1.29, 1.82) is 0 Å². The Bertz CT molecular complexity index is 335. The lowest BCUT2D eigenvalue weighted by Crippen LogP contribution is -2.31. The van der Waals surface area contributed by atoms with Crippen LogP contribution in [0.15, 0.2) is 43.0 Å². The normalized spacial score (nSPS) is 11.8. The Morgan fingerprint density at radius 3 is 2.69 bits per heavy atom. The Labute approximate surface area is 95.8 Å². The number of rotatable bonds is 6. The molecule has 0 saturated carbocycles. The molecule has 1 aromatic carbocycles. The highest BCUT2D eigenvalue weighted by molar-refractivity contribution is 5.83. The third kappa shape index (κ3) is 3.51. The smallest absolute Gasteiger partial charge is 0.229 e. The van der Waals surface area contributed by atoms with Crippen LogP contribution in [0.25, 0.3) is 0 Å². The fraction of sp³-hybridized carbons (Fsp3) is 0.308. The highest BCUT2D eigenvalue weighted by Crippen LogP contribution is 2.14. The number of aliphatic hydroxyl groups excluding tert-OH is 1. The van der Waals surface area contributed by atoms with Crippen LogP contribution >= 0.6 is 0 Å². The lowest BCUT2D eigenvalue weighted by Gasteiger charge is -2.14. The van der Waals surface area contributed by atoms with Crippen molar-refractivity contribution in [3.63, 3.8) is 0 Å². The van der Waals surface area contributed by atoms with Crippen molar-refractivity contribution in [2.45, 2.75) is 12.3 Å². The molecule has 1 aromatic rings. The van der Waals surface area contributed by atoms with Gasteiger partial charge in [0.25, 0.3) is 0 Å². The fourth-order valence-electron chi connectivity index (χ4n) is 1.45. The minimum atomic E-state index is -0.481. The number of hydrogen-bond acceptors (Lipinski definition) is 2. The number of carbonyl (C=O) groups excluding carboxylic acids is 1. The summed E-state index contributed by atoms with van der Waals surface area (Å²) in [5, 5.41) is 12.0. The average Bonchev–Trinajstić information content (AvgIpc) is 2.32. The van der Waals surface area contributed by atoms with Gasteiger partial charge in [-0.1, -0.05) is 36.4 Å². The molecule has 1 atom stereocenters. The van der Waals surface area contributed by atoms with Gasteiger partial charge in [0, 0.05) is 6.54 Å². The maximum Gasteiger partial charge on any atom is 0.229 e. The summed E-state index contributed by atoms with van der Waals surface area (Å²) in [5.74, 6) is -0.624. The monoisotopic (exact) mass is 219 g/mol. The molecular weight excluding hydrogens is 202 g/mol. The first-order chi connectivity index (χ1) is 7.79. The quantitative estimate of drug-likeness (QED) is 0.562. The molecule has 1 rings (SSSR count). The van der Waals surface area contributed by atoms with Gasteiger partial charge in [-0.3, -0.25) is 4.79 Å².